The van der Waals surface area contributed by atoms with Gasteiger partial charge in [-0.15, -0.1) is 0 Å². The molecule has 0 aliphatic heterocycles. The number of guanidine groups is 1. The summed E-state index contributed by atoms with van der Waals surface area (Å²) in [4.78, 5) is 73.2. The molecule has 0 rings (SSSR count). The molecule has 0 aliphatic carbocycles. The van der Waals surface area contributed by atoms with Gasteiger partial charge in [0.05, 0.1) is 18.9 Å². The summed E-state index contributed by atoms with van der Waals surface area (Å²) < 4.78 is 0. The third kappa shape index (κ3) is 12.6. The maximum atomic E-state index is 12.6. The third-order valence-electron chi connectivity index (χ3n) is 3.76. The number of primary amides is 1. The fourth-order valence-corrected chi connectivity index (χ4v) is 2.30. The number of aliphatic carboxylic acids is 2. The van der Waals surface area contributed by atoms with Gasteiger partial charge in [0.1, 0.15) is 18.6 Å². The smallest absolute Gasteiger partial charge is 0.322 e. The molecule has 4 amide bonds. The van der Waals surface area contributed by atoms with Crippen molar-refractivity contribution in [3.63, 3.8) is 0 Å². The Balaban J connectivity index is 5.35. The normalized spacial score (nSPS) is 13.0. The highest BCUT2D eigenvalue weighted by molar-refractivity contribution is 5.96. The molecule has 0 saturated heterocycles. The van der Waals surface area contributed by atoms with E-state index in [1.165, 1.54) is 0 Å². The predicted molar refractivity (Wildman–Crippen MR) is 108 cm³/mol. The Hall–Kier alpha value is -3.95. The van der Waals surface area contributed by atoms with Crippen molar-refractivity contribution in [3.8, 4) is 0 Å². The highest BCUT2D eigenvalue weighted by Crippen LogP contribution is 2.02. The van der Waals surface area contributed by atoms with Crippen molar-refractivity contribution in [1.29, 1.82) is 0 Å². The number of carbonyl (C=O) groups is 6. The van der Waals surface area contributed by atoms with Crippen molar-refractivity contribution in [2.24, 2.45) is 27.9 Å². The Morgan fingerprint density at radius 3 is 1.91 bits per heavy atom. The molecule has 3 atom stereocenters. The molecule has 0 spiro atoms. The molecule has 0 radical (unpaired) electrons. The van der Waals surface area contributed by atoms with Crippen LogP contribution in [0.3, 0.4) is 0 Å². The van der Waals surface area contributed by atoms with Crippen LogP contribution < -0.4 is 38.9 Å². The first-order valence-electron chi connectivity index (χ1n) is 9.24. The zero-order chi connectivity index (χ0) is 24.8. The van der Waals surface area contributed by atoms with Gasteiger partial charge in [0.2, 0.25) is 23.6 Å². The number of hydrogen-bond acceptors (Lipinski definition) is 8. The number of amides is 4. The minimum absolute atomic E-state index is 0.0388. The van der Waals surface area contributed by atoms with Crippen molar-refractivity contribution in [3.05, 3.63) is 0 Å². The summed E-state index contributed by atoms with van der Waals surface area (Å²) in [6.07, 6.45) is -1.25. The Bertz CT molecular complexity index is 752. The molecular weight excluding hydrogens is 432 g/mol. The van der Waals surface area contributed by atoms with E-state index >= 15 is 0 Å². The maximum Gasteiger partial charge on any atom is 0.322 e. The molecule has 0 aromatic carbocycles. The summed E-state index contributed by atoms with van der Waals surface area (Å²) in [5.41, 5.74) is 20.8. The molecule has 16 nitrogen and oxygen atoms in total. The summed E-state index contributed by atoms with van der Waals surface area (Å²) in [5, 5.41) is 24.1. The lowest BCUT2D eigenvalue weighted by Crippen LogP contribution is -2.56. The zero-order valence-corrected chi connectivity index (χ0v) is 17.1. The molecule has 0 heterocycles. The summed E-state index contributed by atoms with van der Waals surface area (Å²) in [7, 11) is 0. The Morgan fingerprint density at radius 1 is 0.812 bits per heavy atom. The van der Waals surface area contributed by atoms with Crippen LogP contribution in [0.2, 0.25) is 0 Å². The number of rotatable bonds is 15. The maximum absolute atomic E-state index is 12.6. The van der Waals surface area contributed by atoms with Crippen LogP contribution in [-0.2, 0) is 28.8 Å². The lowest BCUT2D eigenvalue weighted by atomic mass is 10.1. The lowest BCUT2D eigenvalue weighted by Gasteiger charge is -2.23. The van der Waals surface area contributed by atoms with Gasteiger partial charge < -0.3 is 49.1 Å². The van der Waals surface area contributed by atoms with E-state index in [4.69, 9.17) is 33.1 Å². The van der Waals surface area contributed by atoms with Crippen LogP contribution in [0.4, 0.5) is 0 Å². The molecule has 32 heavy (non-hydrogen) atoms. The quantitative estimate of drug-likeness (QED) is 0.0632. The first-order chi connectivity index (χ1) is 14.8. The SMILES string of the molecule is NC(=O)CC(N)C(=O)NC(CC(=O)O)C(=O)NC(CCCN=C(N)N)C(=O)NCC(=O)O. The van der Waals surface area contributed by atoms with Crippen molar-refractivity contribution < 1.29 is 39.0 Å². The first-order valence-corrected chi connectivity index (χ1v) is 9.24. The van der Waals surface area contributed by atoms with Crippen LogP contribution in [0.25, 0.3) is 0 Å². The minimum Gasteiger partial charge on any atom is -0.481 e. The van der Waals surface area contributed by atoms with Gasteiger partial charge in [-0.2, -0.15) is 0 Å². The number of carboxylic acids is 2. The third-order valence-corrected chi connectivity index (χ3v) is 3.76. The molecule has 0 bridgehead atoms. The minimum atomic E-state index is -1.65. The number of hydrogen-bond donors (Lipinski definition) is 9. The topological polar surface area (TPSA) is 295 Å². The van der Waals surface area contributed by atoms with Crippen LogP contribution in [0, 0.1) is 0 Å². The van der Waals surface area contributed by atoms with Gasteiger partial charge in [-0.1, -0.05) is 0 Å². The molecular formula is C16H28N8O8. The Labute approximate surface area is 182 Å². The monoisotopic (exact) mass is 460 g/mol. The molecule has 3 unspecified atom stereocenters. The van der Waals surface area contributed by atoms with Crippen LogP contribution in [0.1, 0.15) is 25.7 Å². The Kier molecular flexibility index (Phi) is 12.4. The van der Waals surface area contributed by atoms with E-state index in [2.05, 4.69) is 20.9 Å². The second kappa shape index (κ2) is 14.1. The molecule has 180 valence electrons. The number of carbonyl (C=O) groups excluding carboxylic acids is 4. The molecule has 0 aromatic rings. The van der Waals surface area contributed by atoms with Crippen molar-refractivity contribution in [2.75, 3.05) is 13.1 Å². The molecule has 0 aliphatic rings. The van der Waals surface area contributed by atoms with E-state index in [0.29, 0.717) is 0 Å². The van der Waals surface area contributed by atoms with E-state index in [1.807, 2.05) is 0 Å². The predicted octanol–water partition coefficient (Wildman–Crippen LogP) is -5.11. The van der Waals surface area contributed by atoms with Gasteiger partial charge in [0.15, 0.2) is 5.96 Å². The standard InChI is InChI=1S/C16H28N8O8/c17-7(4-10(18)25)13(30)24-9(5-11(26)27)15(32)23-8(2-1-3-21-16(19)20)14(31)22-6-12(28)29/h7-9H,1-6,17H2,(H2,18,25)(H,22,31)(H,23,32)(H,24,30)(H,26,27)(H,28,29)(H4,19,20,21). The van der Waals surface area contributed by atoms with Crippen molar-refractivity contribution >= 4 is 41.5 Å². The van der Waals surface area contributed by atoms with Crippen LogP contribution in [0.15, 0.2) is 4.99 Å². The highest BCUT2D eigenvalue weighted by atomic mass is 16.4. The van der Waals surface area contributed by atoms with Gasteiger partial charge in [-0.3, -0.25) is 33.8 Å². The van der Waals surface area contributed by atoms with Crippen LogP contribution in [0.5, 0.6) is 0 Å². The van der Waals surface area contributed by atoms with Crippen molar-refractivity contribution in [2.45, 2.75) is 43.8 Å². The number of nitrogens with zero attached hydrogens (tertiary/aromatic N) is 1. The highest BCUT2D eigenvalue weighted by Gasteiger charge is 2.30. The van der Waals surface area contributed by atoms with Crippen LogP contribution in [-0.4, -0.2) is 83.0 Å². The summed E-state index contributed by atoms with van der Waals surface area (Å²) in [6.45, 7) is -0.630. The van der Waals surface area contributed by atoms with Gasteiger partial charge in [0, 0.05) is 6.54 Å². The van der Waals surface area contributed by atoms with E-state index in [1.54, 1.807) is 0 Å². The van der Waals surface area contributed by atoms with Gasteiger partial charge in [0.25, 0.3) is 0 Å². The summed E-state index contributed by atoms with van der Waals surface area (Å²) in [5.74, 6) is -6.79. The molecule has 0 fully saturated rings. The molecule has 13 N–H and O–H groups in total. The molecule has 0 saturated carbocycles. The molecule has 16 heteroatoms. The fourth-order valence-electron chi connectivity index (χ4n) is 2.30. The van der Waals surface area contributed by atoms with Gasteiger partial charge in [-0.25, -0.2) is 0 Å². The number of nitrogens with one attached hydrogen (secondary N) is 3. The fraction of sp³-hybridized carbons (Fsp3) is 0.562. The second-order valence-electron chi connectivity index (χ2n) is 6.56. The van der Waals surface area contributed by atoms with Gasteiger partial charge >= 0.3 is 11.9 Å². The zero-order valence-electron chi connectivity index (χ0n) is 17.1. The summed E-state index contributed by atoms with van der Waals surface area (Å²) in [6, 6.07) is -4.36. The van der Waals surface area contributed by atoms with E-state index in [0.717, 1.165) is 0 Å². The molecule has 0 aromatic heterocycles. The summed E-state index contributed by atoms with van der Waals surface area (Å²) >= 11 is 0. The first kappa shape index (κ1) is 28.1. The number of carboxylic acid groups (broad SMARTS) is 2. The van der Waals surface area contributed by atoms with E-state index in [9.17, 15) is 28.8 Å². The van der Waals surface area contributed by atoms with Crippen molar-refractivity contribution in [1.82, 2.24) is 16.0 Å². The second-order valence-corrected chi connectivity index (χ2v) is 6.56. The Morgan fingerprint density at radius 2 is 1.41 bits per heavy atom. The number of nitrogens with two attached hydrogens (primary N) is 4. The lowest BCUT2D eigenvalue weighted by molar-refractivity contribution is -0.141. The average Bonchev–Trinajstić information content (AvgIpc) is 2.66. The van der Waals surface area contributed by atoms with Gasteiger partial charge in [-0.05, 0) is 12.8 Å². The number of aliphatic imine (C=N–C) groups is 1. The van der Waals surface area contributed by atoms with E-state index in [-0.39, 0.29) is 25.3 Å². The van der Waals surface area contributed by atoms with E-state index < -0.39 is 73.1 Å². The average molecular weight is 460 g/mol. The van der Waals surface area contributed by atoms with Crippen LogP contribution >= 0.6 is 0 Å². The largest absolute Gasteiger partial charge is 0.481 e.